The molecule has 0 amide bonds. The zero-order valence-corrected chi connectivity index (χ0v) is 12.7. The van der Waals surface area contributed by atoms with E-state index in [0.717, 1.165) is 22.4 Å². The third-order valence-corrected chi connectivity index (χ3v) is 5.32. The predicted octanol–water partition coefficient (Wildman–Crippen LogP) is 3.46. The average molecular weight is 265 g/mol. The Kier molecular flexibility index (Phi) is 3.50. The van der Waals surface area contributed by atoms with E-state index in [1.807, 2.05) is 18.2 Å². The zero-order chi connectivity index (χ0) is 14.0. The Hall–Kier alpha value is -1.98. The third-order valence-electron chi connectivity index (χ3n) is 3.28. The van der Waals surface area contributed by atoms with Crippen LogP contribution in [0.1, 0.15) is 5.56 Å². The molecule has 2 aromatic carbocycles. The van der Waals surface area contributed by atoms with Gasteiger partial charge < -0.3 is 5.73 Å². The number of terminal acetylenes is 1. The summed E-state index contributed by atoms with van der Waals surface area (Å²) >= 11 is 0. The highest BCUT2D eigenvalue weighted by Crippen LogP contribution is 2.28. The van der Waals surface area contributed by atoms with E-state index in [2.05, 4.69) is 49.8 Å². The van der Waals surface area contributed by atoms with Crippen molar-refractivity contribution in [2.45, 2.75) is 19.6 Å². The van der Waals surface area contributed by atoms with Crippen molar-refractivity contribution in [3.05, 3.63) is 48.0 Å². The molecule has 0 saturated carbocycles. The van der Waals surface area contributed by atoms with Crippen LogP contribution < -0.4 is 10.9 Å². The molecule has 0 bridgehead atoms. The first-order valence-corrected chi connectivity index (χ1v) is 9.90. The SMILES string of the molecule is C#Cc1c([Si](C)(C)C)ccc(-c2ccccc2)c1N. The molecule has 19 heavy (non-hydrogen) atoms. The summed E-state index contributed by atoms with van der Waals surface area (Å²) in [5, 5.41) is 1.26. The van der Waals surface area contributed by atoms with Crippen LogP contribution >= 0.6 is 0 Å². The summed E-state index contributed by atoms with van der Waals surface area (Å²) in [6, 6.07) is 14.4. The Bertz CT molecular complexity index is 631. The van der Waals surface area contributed by atoms with Crippen molar-refractivity contribution in [2.24, 2.45) is 0 Å². The highest BCUT2D eigenvalue weighted by molar-refractivity contribution is 6.89. The van der Waals surface area contributed by atoms with E-state index < -0.39 is 8.07 Å². The molecule has 0 radical (unpaired) electrons. The molecule has 2 N–H and O–H groups in total. The number of nitrogen functional groups attached to an aromatic ring is 1. The van der Waals surface area contributed by atoms with Gasteiger partial charge in [0.05, 0.1) is 13.8 Å². The summed E-state index contributed by atoms with van der Waals surface area (Å²) in [4.78, 5) is 0. The third kappa shape index (κ3) is 2.57. The molecule has 0 fully saturated rings. The Morgan fingerprint density at radius 2 is 1.63 bits per heavy atom. The maximum atomic E-state index is 6.30. The summed E-state index contributed by atoms with van der Waals surface area (Å²) in [5.74, 6) is 2.79. The minimum absolute atomic E-state index is 0.730. The van der Waals surface area contributed by atoms with Gasteiger partial charge in [0.2, 0.25) is 0 Å². The molecule has 1 nitrogen and oxygen atoms in total. The van der Waals surface area contributed by atoms with Gasteiger partial charge in [-0.05, 0) is 10.8 Å². The van der Waals surface area contributed by atoms with Crippen LogP contribution in [-0.2, 0) is 0 Å². The number of rotatable bonds is 2. The molecule has 0 aliphatic heterocycles. The van der Waals surface area contributed by atoms with Crippen molar-refractivity contribution in [1.29, 1.82) is 0 Å². The molecule has 96 valence electrons. The molecule has 2 aromatic rings. The molecule has 0 heterocycles. The minimum atomic E-state index is -1.48. The van der Waals surface area contributed by atoms with Crippen LogP contribution in [0.3, 0.4) is 0 Å². The second-order valence-electron chi connectivity index (χ2n) is 5.71. The van der Waals surface area contributed by atoms with Crippen molar-refractivity contribution in [3.63, 3.8) is 0 Å². The molecule has 0 atom stereocenters. The van der Waals surface area contributed by atoms with Gasteiger partial charge in [-0.15, -0.1) is 6.42 Å². The lowest BCUT2D eigenvalue weighted by Gasteiger charge is -2.21. The van der Waals surface area contributed by atoms with Crippen LogP contribution in [0.25, 0.3) is 11.1 Å². The van der Waals surface area contributed by atoms with Gasteiger partial charge in [-0.25, -0.2) is 0 Å². The van der Waals surface area contributed by atoms with Crippen molar-refractivity contribution < 1.29 is 0 Å². The van der Waals surface area contributed by atoms with E-state index in [1.54, 1.807) is 0 Å². The largest absolute Gasteiger partial charge is 0.397 e. The van der Waals surface area contributed by atoms with E-state index in [-0.39, 0.29) is 0 Å². The van der Waals surface area contributed by atoms with Gasteiger partial charge in [-0.1, -0.05) is 68.0 Å². The van der Waals surface area contributed by atoms with Gasteiger partial charge >= 0.3 is 0 Å². The topological polar surface area (TPSA) is 26.0 Å². The van der Waals surface area contributed by atoms with Gasteiger partial charge in [0.1, 0.15) is 0 Å². The molecule has 2 rings (SSSR count). The van der Waals surface area contributed by atoms with Crippen LogP contribution in [-0.4, -0.2) is 8.07 Å². The summed E-state index contributed by atoms with van der Waals surface area (Å²) in [6.45, 7) is 6.85. The van der Waals surface area contributed by atoms with Gasteiger partial charge in [-0.3, -0.25) is 0 Å². The predicted molar refractivity (Wildman–Crippen MR) is 87.2 cm³/mol. The van der Waals surface area contributed by atoms with Crippen LogP contribution in [0.15, 0.2) is 42.5 Å². The Morgan fingerprint density at radius 1 is 1.00 bits per heavy atom. The Labute approximate surface area is 116 Å². The summed E-state index contributed by atoms with van der Waals surface area (Å²) in [5.41, 5.74) is 10.0. The number of hydrogen-bond acceptors (Lipinski definition) is 1. The Balaban J connectivity index is 2.67. The zero-order valence-electron chi connectivity index (χ0n) is 11.7. The molecule has 0 aliphatic carbocycles. The van der Waals surface area contributed by atoms with Gasteiger partial charge in [0, 0.05) is 11.1 Å². The van der Waals surface area contributed by atoms with Crippen LogP contribution in [0.5, 0.6) is 0 Å². The molecule has 0 unspecified atom stereocenters. The number of hydrogen-bond donors (Lipinski definition) is 1. The fraction of sp³-hybridized carbons (Fsp3) is 0.176. The quantitative estimate of drug-likeness (QED) is 0.502. The molecular formula is C17H19NSi. The monoisotopic (exact) mass is 265 g/mol. The van der Waals surface area contributed by atoms with E-state index in [9.17, 15) is 0 Å². The van der Waals surface area contributed by atoms with Gasteiger partial charge in [0.25, 0.3) is 0 Å². The molecule has 2 heteroatoms. The highest BCUT2D eigenvalue weighted by atomic mass is 28.3. The minimum Gasteiger partial charge on any atom is -0.397 e. The molecule has 0 spiro atoms. The summed E-state index contributed by atoms with van der Waals surface area (Å²) in [7, 11) is -1.48. The second kappa shape index (κ2) is 4.95. The normalized spacial score (nSPS) is 11.1. The smallest absolute Gasteiger partial charge is 0.0793 e. The maximum Gasteiger partial charge on any atom is 0.0793 e. The van der Waals surface area contributed by atoms with Crippen molar-refractivity contribution in [1.82, 2.24) is 0 Å². The summed E-state index contributed by atoms with van der Waals surface area (Å²) < 4.78 is 0. The fourth-order valence-corrected chi connectivity index (χ4v) is 3.81. The standard InChI is InChI=1S/C17H19NSi/c1-5-14-16(19(2,3)4)12-11-15(17(14)18)13-9-7-6-8-10-13/h1,6-12H,18H2,2-4H3. The number of benzene rings is 2. The Morgan fingerprint density at radius 3 is 2.16 bits per heavy atom. The number of nitrogens with two attached hydrogens (primary N) is 1. The van der Waals surface area contributed by atoms with Crippen LogP contribution in [0.4, 0.5) is 5.69 Å². The maximum absolute atomic E-state index is 6.30. The van der Waals surface area contributed by atoms with E-state index >= 15 is 0 Å². The van der Waals surface area contributed by atoms with E-state index in [4.69, 9.17) is 12.2 Å². The fourth-order valence-electron chi connectivity index (χ4n) is 2.27. The lowest BCUT2D eigenvalue weighted by molar-refractivity contribution is 1.58. The van der Waals surface area contributed by atoms with Crippen molar-refractivity contribution in [2.75, 3.05) is 5.73 Å². The van der Waals surface area contributed by atoms with E-state index in [0.29, 0.717) is 0 Å². The average Bonchev–Trinajstić information content (AvgIpc) is 2.38. The molecular weight excluding hydrogens is 246 g/mol. The van der Waals surface area contributed by atoms with Crippen molar-refractivity contribution in [3.8, 4) is 23.5 Å². The van der Waals surface area contributed by atoms with Gasteiger partial charge in [-0.2, -0.15) is 0 Å². The van der Waals surface area contributed by atoms with E-state index in [1.165, 1.54) is 5.19 Å². The highest BCUT2D eigenvalue weighted by Gasteiger charge is 2.22. The summed E-state index contributed by atoms with van der Waals surface area (Å²) in [6.07, 6.45) is 5.69. The lowest BCUT2D eigenvalue weighted by Crippen LogP contribution is -2.40. The second-order valence-corrected chi connectivity index (χ2v) is 10.7. The molecule has 0 saturated heterocycles. The first-order valence-electron chi connectivity index (χ1n) is 6.40. The van der Waals surface area contributed by atoms with Crippen molar-refractivity contribution >= 4 is 18.9 Å². The number of anilines is 1. The first kappa shape index (κ1) is 13.4. The van der Waals surface area contributed by atoms with Crippen LogP contribution in [0.2, 0.25) is 19.6 Å². The van der Waals surface area contributed by atoms with Crippen LogP contribution in [0, 0.1) is 12.3 Å². The lowest BCUT2D eigenvalue weighted by atomic mass is 10.0. The molecule has 0 aromatic heterocycles. The first-order chi connectivity index (χ1) is 8.95. The van der Waals surface area contributed by atoms with Gasteiger partial charge in [0.15, 0.2) is 0 Å². The molecule has 0 aliphatic rings.